The van der Waals surface area contributed by atoms with Crippen molar-refractivity contribution < 1.29 is 8.42 Å². The molecule has 1 heterocycles. The highest BCUT2D eigenvalue weighted by atomic mass is 32.2. The van der Waals surface area contributed by atoms with Gasteiger partial charge in [0.1, 0.15) is 12.2 Å². The third-order valence-electron chi connectivity index (χ3n) is 2.85. The van der Waals surface area contributed by atoms with E-state index in [1.807, 2.05) is 19.9 Å². The van der Waals surface area contributed by atoms with Crippen LogP contribution in [0.4, 0.5) is 0 Å². The van der Waals surface area contributed by atoms with Gasteiger partial charge in [0, 0.05) is 13.0 Å². The summed E-state index contributed by atoms with van der Waals surface area (Å²) in [6.07, 6.45) is 2.77. The molecule has 6 nitrogen and oxygen atoms in total. The molecule has 7 heteroatoms. The molecule has 0 atom stereocenters. The van der Waals surface area contributed by atoms with E-state index in [9.17, 15) is 8.42 Å². The Morgan fingerprint density at radius 3 is 2.50 bits per heavy atom. The number of nitrogens with zero attached hydrogens (tertiary/aromatic N) is 2. The van der Waals surface area contributed by atoms with Crippen molar-refractivity contribution in [1.82, 2.24) is 19.9 Å². The molecule has 0 spiro atoms. The Bertz CT molecular complexity index is 645. The first-order valence-electron chi connectivity index (χ1n) is 6.39. The molecule has 0 saturated carbocycles. The van der Waals surface area contributed by atoms with Crippen molar-refractivity contribution in [1.29, 1.82) is 0 Å². The van der Waals surface area contributed by atoms with Crippen LogP contribution in [0.25, 0.3) is 0 Å². The summed E-state index contributed by atoms with van der Waals surface area (Å²) in [6.45, 7) is 4.14. The van der Waals surface area contributed by atoms with E-state index in [1.165, 1.54) is 6.33 Å². The minimum absolute atomic E-state index is 0.315. The topological polar surface area (TPSA) is 87.7 Å². The fourth-order valence-electron chi connectivity index (χ4n) is 1.99. The fraction of sp³-hybridized carbons (Fsp3) is 0.385. The summed E-state index contributed by atoms with van der Waals surface area (Å²) in [5.74, 6) is 0.760. The lowest BCUT2D eigenvalue weighted by atomic mass is 10.2. The van der Waals surface area contributed by atoms with Crippen LogP contribution in [0.1, 0.15) is 23.4 Å². The Morgan fingerprint density at radius 1 is 1.20 bits per heavy atom. The summed E-state index contributed by atoms with van der Waals surface area (Å²) >= 11 is 0. The van der Waals surface area contributed by atoms with E-state index < -0.39 is 10.0 Å². The van der Waals surface area contributed by atoms with Crippen LogP contribution in [-0.2, 0) is 16.4 Å². The maximum Gasteiger partial charge on any atom is 0.240 e. The van der Waals surface area contributed by atoms with Gasteiger partial charge in [0.25, 0.3) is 0 Å². The lowest BCUT2D eigenvalue weighted by Crippen LogP contribution is -2.25. The van der Waals surface area contributed by atoms with Crippen LogP contribution < -0.4 is 4.72 Å². The first-order valence-corrected chi connectivity index (χ1v) is 7.88. The molecule has 2 aromatic rings. The number of benzene rings is 1. The van der Waals surface area contributed by atoms with E-state index in [4.69, 9.17) is 0 Å². The van der Waals surface area contributed by atoms with E-state index in [0.29, 0.717) is 24.3 Å². The average Bonchev–Trinajstić information content (AvgIpc) is 2.86. The quantitative estimate of drug-likeness (QED) is 0.787. The van der Waals surface area contributed by atoms with Gasteiger partial charge >= 0.3 is 0 Å². The number of nitrogens with one attached hydrogen (secondary N) is 2. The van der Waals surface area contributed by atoms with Crippen molar-refractivity contribution in [3.63, 3.8) is 0 Å². The SMILES string of the molecule is Cc1cc(C)cc(S(=O)(=O)NCCCc2ncn[nH]2)c1. The molecule has 0 amide bonds. The Hall–Kier alpha value is -1.73. The lowest BCUT2D eigenvalue weighted by Gasteiger charge is -2.08. The van der Waals surface area contributed by atoms with E-state index in [2.05, 4.69) is 19.9 Å². The highest BCUT2D eigenvalue weighted by molar-refractivity contribution is 7.89. The highest BCUT2D eigenvalue weighted by Crippen LogP contribution is 2.14. The minimum Gasteiger partial charge on any atom is -0.263 e. The first kappa shape index (κ1) is 14.7. The lowest BCUT2D eigenvalue weighted by molar-refractivity contribution is 0.578. The van der Waals surface area contributed by atoms with Crippen LogP contribution >= 0.6 is 0 Å². The third kappa shape index (κ3) is 3.88. The zero-order valence-corrected chi connectivity index (χ0v) is 12.4. The van der Waals surface area contributed by atoms with Crippen LogP contribution in [0.2, 0.25) is 0 Å². The largest absolute Gasteiger partial charge is 0.263 e. The Labute approximate surface area is 118 Å². The molecular weight excluding hydrogens is 276 g/mol. The smallest absolute Gasteiger partial charge is 0.240 e. The number of aromatic nitrogens is 3. The summed E-state index contributed by atoms with van der Waals surface area (Å²) in [4.78, 5) is 4.30. The molecule has 0 aliphatic carbocycles. The van der Waals surface area contributed by atoms with Gasteiger partial charge in [-0.05, 0) is 43.5 Å². The van der Waals surface area contributed by atoms with E-state index in [-0.39, 0.29) is 0 Å². The Balaban J connectivity index is 1.93. The zero-order valence-electron chi connectivity index (χ0n) is 11.5. The molecule has 2 rings (SSSR count). The molecular formula is C13H18N4O2S. The van der Waals surface area contributed by atoms with Crippen molar-refractivity contribution >= 4 is 10.0 Å². The van der Waals surface area contributed by atoms with Crippen molar-refractivity contribution in [2.24, 2.45) is 0 Å². The maximum atomic E-state index is 12.2. The van der Waals surface area contributed by atoms with E-state index >= 15 is 0 Å². The van der Waals surface area contributed by atoms with Crippen LogP contribution in [0.3, 0.4) is 0 Å². The average molecular weight is 294 g/mol. The van der Waals surface area contributed by atoms with Crippen LogP contribution in [-0.4, -0.2) is 30.1 Å². The Kier molecular flexibility index (Phi) is 4.51. The number of rotatable bonds is 6. The zero-order chi connectivity index (χ0) is 14.6. The van der Waals surface area contributed by atoms with Gasteiger partial charge in [-0.3, -0.25) is 5.10 Å². The van der Waals surface area contributed by atoms with Gasteiger partial charge in [-0.2, -0.15) is 5.10 Å². The summed E-state index contributed by atoms with van der Waals surface area (Å²) in [6, 6.07) is 5.29. The van der Waals surface area contributed by atoms with Crippen molar-refractivity contribution in [3.05, 3.63) is 41.5 Å². The van der Waals surface area contributed by atoms with Gasteiger partial charge in [0.2, 0.25) is 10.0 Å². The summed E-state index contributed by atoms with van der Waals surface area (Å²) in [5, 5.41) is 6.48. The number of aromatic amines is 1. The number of hydrogen-bond donors (Lipinski definition) is 2. The van der Waals surface area contributed by atoms with Crippen LogP contribution in [0.5, 0.6) is 0 Å². The third-order valence-corrected chi connectivity index (χ3v) is 4.29. The predicted molar refractivity (Wildman–Crippen MR) is 75.8 cm³/mol. The summed E-state index contributed by atoms with van der Waals surface area (Å²) in [5.41, 5.74) is 1.87. The van der Waals surface area contributed by atoms with Crippen molar-refractivity contribution in [2.45, 2.75) is 31.6 Å². The molecule has 1 aromatic carbocycles. The molecule has 0 unspecified atom stereocenters. The second-order valence-electron chi connectivity index (χ2n) is 4.76. The monoisotopic (exact) mass is 294 g/mol. The predicted octanol–water partition coefficient (Wildman–Crippen LogP) is 1.33. The molecule has 0 bridgehead atoms. The fourth-order valence-corrected chi connectivity index (χ4v) is 3.25. The summed E-state index contributed by atoms with van der Waals surface area (Å²) in [7, 11) is -3.44. The van der Waals surface area contributed by atoms with Gasteiger partial charge in [0.05, 0.1) is 4.90 Å². The normalized spacial score (nSPS) is 11.7. The molecule has 0 aliphatic rings. The van der Waals surface area contributed by atoms with Gasteiger partial charge < -0.3 is 0 Å². The highest BCUT2D eigenvalue weighted by Gasteiger charge is 2.14. The molecule has 1 aromatic heterocycles. The minimum atomic E-state index is -3.44. The van der Waals surface area contributed by atoms with Crippen LogP contribution in [0.15, 0.2) is 29.4 Å². The number of H-pyrrole nitrogens is 1. The molecule has 2 N–H and O–H groups in total. The van der Waals surface area contributed by atoms with Crippen molar-refractivity contribution in [3.8, 4) is 0 Å². The first-order chi connectivity index (χ1) is 9.47. The second kappa shape index (κ2) is 6.15. The Morgan fingerprint density at radius 2 is 1.90 bits per heavy atom. The van der Waals surface area contributed by atoms with Gasteiger partial charge in [-0.1, -0.05) is 6.07 Å². The van der Waals surface area contributed by atoms with Gasteiger partial charge in [-0.15, -0.1) is 0 Å². The van der Waals surface area contributed by atoms with E-state index in [1.54, 1.807) is 12.1 Å². The summed E-state index contributed by atoms with van der Waals surface area (Å²) < 4.78 is 26.9. The maximum absolute atomic E-state index is 12.2. The standard InChI is InChI=1S/C13H18N4O2S/c1-10-6-11(2)8-12(7-10)20(18,19)16-5-3-4-13-14-9-15-17-13/h6-9,16H,3-5H2,1-2H3,(H,14,15,17). The number of sulfonamides is 1. The van der Waals surface area contributed by atoms with E-state index in [0.717, 1.165) is 17.0 Å². The molecule has 0 aliphatic heterocycles. The molecule has 0 radical (unpaired) electrons. The second-order valence-corrected chi connectivity index (χ2v) is 6.52. The molecule has 0 saturated heterocycles. The molecule has 20 heavy (non-hydrogen) atoms. The van der Waals surface area contributed by atoms with Gasteiger partial charge in [-0.25, -0.2) is 18.1 Å². The van der Waals surface area contributed by atoms with Gasteiger partial charge in [0.15, 0.2) is 0 Å². The molecule has 108 valence electrons. The van der Waals surface area contributed by atoms with Crippen molar-refractivity contribution in [2.75, 3.05) is 6.54 Å². The number of hydrogen-bond acceptors (Lipinski definition) is 4. The number of aryl methyl sites for hydroxylation is 3. The molecule has 0 fully saturated rings. The van der Waals surface area contributed by atoms with Crippen LogP contribution in [0, 0.1) is 13.8 Å².